The van der Waals surface area contributed by atoms with Gasteiger partial charge in [-0.3, -0.25) is 14.9 Å². The van der Waals surface area contributed by atoms with E-state index in [1.54, 1.807) is 6.07 Å². The molecule has 2 aromatic rings. The number of nitro benzene ring substituents is 1. The van der Waals surface area contributed by atoms with Crippen LogP contribution in [0.15, 0.2) is 40.9 Å². The standard InChI is InChI=1S/C17H15BrN2O5/c1-10-6-7-14(13(18)8-10)19-15(21)9-25-17(22)12-5-3-4-11(2)16(12)20(23)24/h3-8H,9H2,1-2H3,(H,19,21). The number of benzene rings is 2. The number of carbonyl (C=O) groups excluding carboxylic acids is 2. The lowest BCUT2D eigenvalue weighted by molar-refractivity contribution is -0.385. The number of ether oxygens (including phenoxy) is 1. The second-order valence-corrected chi connectivity index (χ2v) is 6.19. The van der Waals surface area contributed by atoms with Crippen LogP contribution in [0, 0.1) is 24.0 Å². The van der Waals surface area contributed by atoms with Crippen molar-refractivity contribution < 1.29 is 19.2 Å². The normalized spacial score (nSPS) is 10.2. The van der Waals surface area contributed by atoms with E-state index in [4.69, 9.17) is 4.74 Å². The number of nitrogens with zero attached hydrogens (tertiary/aromatic N) is 1. The van der Waals surface area contributed by atoms with Crippen molar-refractivity contribution in [3.63, 3.8) is 0 Å². The summed E-state index contributed by atoms with van der Waals surface area (Å²) in [6, 6.07) is 9.70. The summed E-state index contributed by atoms with van der Waals surface area (Å²) in [5.41, 5.74) is 1.38. The van der Waals surface area contributed by atoms with Crippen molar-refractivity contribution in [2.75, 3.05) is 11.9 Å². The number of rotatable bonds is 5. The van der Waals surface area contributed by atoms with Crippen molar-refractivity contribution >= 4 is 39.2 Å². The zero-order valence-electron chi connectivity index (χ0n) is 13.5. The molecule has 2 rings (SSSR count). The number of halogens is 1. The van der Waals surface area contributed by atoms with Crippen LogP contribution in [-0.4, -0.2) is 23.4 Å². The number of hydrogen-bond acceptors (Lipinski definition) is 5. The van der Waals surface area contributed by atoms with Gasteiger partial charge in [0.05, 0.1) is 10.6 Å². The van der Waals surface area contributed by atoms with Gasteiger partial charge in [-0.2, -0.15) is 0 Å². The highest BCUT2D eigenvalue weighted by Crippen LogP contribution is 2.24. The molecule has 130 valence electrons. The van der Waals surface area contributed by atoms with Crippen LogP contribution in [0.25, 0.3) is 0 Å². The third kappa shape index (κ3) is 4.63. The maximum atomic E-state index is 12.1. The van der Waals surface area contributed by atoms with Crippen LogP contribution in [0.1, 0.15) is 21.5 Å². The molecular formula is C17H15BrN2O5. The third-order valence-corrected chi connectivity index (χ3v) is 4.03. The Kier molecular flexibility index (Phi) is 5.87. The summed E-state index contributed by atoms with van der Waals surface area (Å²) in [7, 11) is 0. The van der Waals surface area contributed by atoms with Crippen LogP contribution < -0.4 is 5.32 Å². The summed E-state index contributed by atoms with van der Waals surface area (Å²) >= 11 is 3.33. The van der Waals surface area contributed by atoms with Crippen LogP contribution in [-0.2, 0) is 9.53 Å². The molecule has 0 aliphatic rings. The molecule has 0 spiro atoms. The zero-order chi connectivity index (χ0) is 18.6. The van der Waals surface area contributed by atoms with Gasteiger partial charge in [0.1, 0.15) is 5.56 Å². The van der Waals surface area contributed by atoms with E-state index in [0.29, 0.717) is 15.7 Å². The van der Waals surface area contributed by atoms with Gasteiger partial charge in [0, 0.05) is 10.0 Å². The Bertz CT molecular complexity index is 851. The second-order valence-electron chi connectivity index (χ2n) is 5.34. The lowest BCUT2D eigenvalue weighted by Crippen LogP contribution is -2.21. The van der Waals surface area contributed by atoms with Crippen molar-refractivity contribution in [1.29, 1.82) is 0 Å². The van der Waals surface area contributed by atoms with E-state index in [2.05, 4.69) is 21.2 Å². The minimum absolute atomic E-state index is 0.186. The molecule has 0 heterocycles. The lowest BCUT2D eigenvalue weighted by Gasteiger charge is -2.09. The van der Waals surface area contributed by atoms with Crippen molar-refractivity contribution in [2.24, 2.45) is 0 Å². The Morgan fingerprint density at radius 1 is 1.24 bits per heavy atom. The van der Waals surface area contributed by atoms with Gasteiger partial charge in [-0.25, -0.2) is 4.79 Å². The number of amides is 1. The molecule has 0 aliphatic carbocycles. The quantitative estimate of drug-likeness (QED) is 0.462. The van der Waals surface area contributed by atoms with Crippen molar-refractivity contribution in [3.8, 4) is 0 Å². The van der Waals surface area contributed by atoms with Crippen LogP contribution in [0.3, 0.4) is 0 Å². The molecule has 0 aromatic heterocycles. The van der Waals surface area contributed by atoms with E-state index < -0.39 is 23.4 Å². The molecule has 2 aromatic carbocycles. The monoisotopic (exact) mass is 406 g/mol. The summed E-state index contributed by atoms with van der Waals surface area (Å²) in [5, 5.41) is 13.7. The SMILES string of the molecule is Cc1ccc(NC(=O)COC(=O)c2cccc(C)c2[N+](=O)[O-])c(Br)c1. The number of nitrogens with one attached hydrogen (secondary N) is 1. The first-order valence-corrected chi connectivity index (χ1v) is 8.06. The summed E-state index contributed by atoms with van der Waals surface area (Å²) in [5.74, 6) is -1.47. The number of anilines is 1. The predicted molar refractivity (Wildman–Crippen MR) is 95.6 cm³/mol. The summed E-state index contributed by atoms with van der Waals surface area (Å²) < 4.78 is 5.60. The van der Waals surface area contributed by atoms with Gasteiger partial charge in [0.2, 0.25) is 0 Å². The number of esters is 1. The first kappa shape index (κ1) is 18.6. The Balaban J connectivity index is 2.04. The lowest BCUT2D eigenvalue weighted by atomic mass is 10.1. The Morgan fingerprint density at radius 3 is 2.60 bits per heavy atom. The molecule has 1 amide bonds. The number of hydrogen-bond donors (Lipinski definition) is 1. The third-order valence-electron chi connectivity index (χ3n) is 3.37. The summed E-state index contributed by atoms with van der Waals surface area (Å²) in [4.78, 5) is 34.5. The smallest absolute Gasteiger partial charge is 0.345 e. The topological polar surface area (TPSA) is 98.5 Å². The van der Waals surface area contributed by atoms with Crippen molar-refractivity contribution in [1.82, 2.24) is 0 Å². The largest absolute Gasteiger partial charge is 0.452 e. The molecule has 0 saturated carbocycles. The number of nitro groups is 1. The molecule has 8 heteroatoms. The van der Waals surface area contributed by atoms with Crippen molar-refractivity contribution in [3.05, 3.63) is 67.7 Å². The number of aryl methyl sites for hydroxylation is 2. The van der Waals surface area contributed by atoms with Gasteiger partial charge in [-0.15, -0.1) is 0 Å². The molecule has 0 atom stereocenters. The highest BCUT2D eigenvalue weighted by molar-refractivity contribution is 9.10. The molecule has 0 saturated heterocycles. The van der Waals surface area contributed by atoms with Gasteiger partial charge in [0.25, 0.3) is 11.6 Å². The minimum atomic E-state index is -0.923. The van der Waals surface area contributed by atoms with E-state index in [0.717, 1.165) is 5.56 Å². The molecular weight excluding hydrogens is 392 g/mol. The Labute approximate surface area is 152 Å². The molecule has 0 bridgehead atoms. The minimum Gasteiger partial charge on any atom is -0.452 e. The van der Waals surface area contributed by atoms with Crippen LogP contribution in [0.4, 0.5) is 11.4 Å². The average Bonchev–Trinajstić information content (AvgIpc) is 2.54. The molecule has 0 radical (unpaired) electrons. The van der Waals surface area contributed by atoms with Crippen LogP contribution >= 0.6 is 15.9 Å². The maximum Gasteiger partial charge on any atom is 0.345 e. The maximum absolute atomic E-state index is 12.1. The van der Waals surface area contributed by atoms with Gasteiger partial charge in [-0.1, -0.05) is 18.2 Å². The highest BCUT2D eigenvalue weighted by atomic mass is 79.9. The Morgan fingerprint density at radius 2 is 1.96 bits per heavy atom. The van der Waals surface area contributed by atoms with Gasteiger partial charge < -0.3 is 10.1 Å². The highest BCUT2D eigenvalue weighted by Gasteiger charge is 2.24. The van der Waals surface area contributed by atoms with E-state index >= 15 is 0 Å². The fourth-order valence-corrected chi connectivity index (χ4v) is 2.78. The van der Waals surface area contributed by atoms with Gasteiger partial charge in [-0.05, 0) is 53.5 Å². The van der Waals surface area contributed by atoms with Crippen molar-refractivity contribution in [2.45, 2.75) is 13.8 Å². The van der Waals surface area contributed by atoms with Gasteiger partial charge >= 0.3 is 5.97 Å². The zero-order valence-corrected chi connectivity index (χ0v) is 15.1. The first-order valence-electron chi connectivity index (χ1n) is 7.26. The van der Waals surface area contributed by atoms with Gasteiger partial charge in [0.15, 0.2) is 6.61 Å². The molecule has 0 fully saturated rings. The fourth-order valence-electron chi connectivity index (χ4n) is 2.18. The second kappa shape index (κ2) is 7.89. The van der Waals surface area contributed by atoms with E-state index in [1.807, 2.05) is 19.1 Å². The molecule has 7 nitrogen and oxygen atoms in total. The summed E-state index contributed by atoms with van der Waals surface area (Å²) in [6.45, 7) is 2.88. The van der Waals surface area contributed by atoms with Crippen LogP contribution in [0.2, 0.25) is 0 Å². The number of carbonyl (C=O) groups is 2. The van der Waals surface area contributed by atoms with E-state index in [1.165, 1.54) is 25.1 Å². The molecule has 0 aliphatic heterocycles. The van der Waals surface area contributed by atoms with E-state index in [-0.39, 0.29) is 11.3 Å². The molecule has 0 unspecified atom stereocenters. The molecule has 25 heavy (non-hydrogen) atoms. The first-order chi connectivity index (χ1) is 11.8. The number of para-hydroxylation sites is 1. The van der Waals surface area contributed by atoms with E-state index in [9.17, 15) is 19.7 Å². The Hall–Kier alpha value is -2.74. The average molecular weight is 407 g/mol. The summed E-state index contributed by atoms with van der Waals surface area (Å²) in [6.07, 6.45) is 0. The predicted octanol–water partition coefficient (Wildman–Crippen LogP) is 3.77. The molecule has 1 N–H and O–H groups in total. The fraction of sp³-hybridized carbons (Fsp3) is 0.176. The van der Waals surface area contributed by atoms with Crippen LogP contribution in [0.5, 0.6) is 0 Å².